The maximum absolute atomic E-state index is 13.8. The van der Waals surface area contributed by atoms with Gasteiger partial charge >= 0.3 is 5.97 Å². The van der Waals surface area contributed by atoms with Gasteiger partial charge < -0.3 is 23.7 Å². The molecule has 3 aromatic rings. The topological polar surface area (TPSA) is 87.1 Å². The number of hydrogen-bond acceptors (Lipinski definition) is 6. The smallest absolute Gasteiger partial charge is 0.311 e. The number of Topliss-reactive ketones (excluding diaryl/α,β-unsaturated/α-hetero) is 1. The van der Waals surface area contributed by atoms with Crippen LogP contribution in [-0.2, 0) is 20.9 Å². The minimum absolute atomic E-state index is 0.0878. The van der Waals surface area contributed by atoms with Crippen LogP contribution in [0.3, 0.4) is 0 Å². The van der Waals surface area contributed by atoms with Crippen molar-refractivity contribution in [2.24, 2.45) is 5.92 Å². The van der Waals surface area contributed by atoms with Crippen molar-refractivity contribution >= 4 is 23.3 Å². The van der Waals surface area contributed by atoms with Gasteiger partial charge in [0.25, 0.3) is 0 Å². The highest BCUT2D eigenvalue weighted by Gasteiger charge is 2.43. The molecule has 2 heterocycles. The van der Waals surface area contributed by atoms with Gasteiger partial charge in [0, 0.05) is 35.6 Å². The van der Waals surface area contributed by atoms with Crippen LogP contribution in [0.1, 0.15) is 83.9 Å². The Morgan fingerprint density at radius 1 is 0.911 bits per heavy atom. The van der Waals surface area contributed by atoms with Crippen LogP contribution >= 0.6 is 0 Å². The number of hydrogen-bond donors (Lipinski definition) is 0. The molecule has 1 aromatic heterocycles. The molecule has 1 aliphatic heterocycles. The third-order valence-corrected chi connectivity index (χ3v) is 9.22. The SMILES string of the molecule is COc1ccc(C2C(C(=O)OCC(=O)c3cc(C)n(CCC4=CCCCC4)c3C)CCC(=O)N2c2ccc(C)cc2)cc1OC. The fourth-order valence-electron chi connectivity index (χ4n) is 6.70. The van der Waals surface area contributed by atoms with E-state index >= 15 is 0 Å². The highest BCUT2D eigenvalue weighted by Crippen LogP contribution is 2.43. The van der Waals surface area contributed by atoms with E-state index in [2.05, 4.69) is 10.6 Å². The van der Waals surface area contributed by atoms with Gasteiger partial charge in [0.15, 0.2) is 18.1 Å². The molecule has 0 bridgehead atoms. The van der Waals surface area contributed by atoms with Gasteiger partial charge in [-0.3, -0.25) is 14.4 Å². The van der Waals surface area contributed by atoms with Gasteiger partial charge in [-0.2, -0.15) is 0 Å². The second-order valence-corrected chi connectivity index (χ2v) is 12.1. The number of allylic oxidation sites excluding steroid dienone is 2. The summed E-state index contributed by atoms with van der Waals surface area (Å²) in [6, 6.07) is 14.3. The maximum atomic E-state index is 13.8. The highest BCUT2D eigenvalue weighted by molar-refractivity contribution is 6.00. The molecule has 1 saturated heterocycles. The number of amides is 1. The molecule has 1 aliphatic carbocycles. The average molecular weight is 613 g/mol. The summed E-state index contributed by atoms with van der Waals surface area (Å²) in [5.41, 5.74) is 6.45. The second-order valence-electron chi connectivity index (χ2n) is 12.1. The van der Waals surface area contributed by atoms with Crippen LogP contribution in [0.2, 0.25) is 0 Å². The van der Waals surface area contributed by atoms with Gasteiger partial charge in [0.1, 0.15) is 0 Å². The number of benzene rings is 2. The van der Waals surface area contributed by atoms with Crippen LogP contribution in [0.15, 0.2) is 60.2 Å². The first-order valence-corrected chi connectivity index (χ1v) is 15.9. The maximum Gasteiger partial charge on any atom is 0.311 e. The first-order valence-electron chi connectivity index (χ1n) is 15.9. The van der Waals surface area contributed by atoms with Crippen molar-refractivity contribution in [3.8, 4) is 11.5 Å². The van der Waals surface area contributed by atoms with E-state index in [1.54, 1.807) is 31.3 Å². The van der Waals surface area contributed by atoms with Gasteiger partial charge in [0.2, 0.25) is 11.7 Å². The predicted molar refractivity (Wildman–Crippen MR) is 174 cm³/mol. The molecule has 0 N–H and O–H groups in total. The van der Waals surface area contributed by atoms with E-state index in [0.29, 0.717) is 34.7 Å². The quantitative estimate of drug-likeness (QED) is 0.129. The zero-order valence-corrected chi connectivity index (χ0v) is 27.1. The van der Waals surface area contributed by atoms with Crippen molar-refractivity contribution in [1.82, 2.24) is 4.57 Å². The van der Waals surface area contributed by atoms with E-state index in [4.69, 9.17) is 14.2 Å². The minimum atomic E-state index is -0.689. The number of aromatic nitrogens is 1. The molecular formula is C37H44N2O6. The van der Waals surface area contributed by atoms with Gasteiger partial charge in [-0.05, 0) is 95.2 Å². The van der Waals surface area contributed by atoms with Crippen molar-refractivity contribution in [2.75, 3.05) is 25.7 Å². The molecule has 238 valence electrons. The molecule has 8 nitrogen and oxygen atoms in total. The van der Waals surface area contributed by atoms with Gasteiger partial charge in [-0.1, -0.05) is 35.4 Å². The monoisotopic (exact) mass is 612 g/mol. The lowest BCUT2D eigenvalue weighted by Crippen LogP contribution is -2.46. The number of ketones is 1. The predicted octanol–water partition coefficient (Wildman–Crippen LogP) is 7.23. The summed E-state index contributed by atoms with van der Waals surface area (Å²) in [7, 11) is 3.11. The van der Waals surface area contributed by atoms with E-state index < -0.39 is 17.9 Å². The number of carbonyl (C=O) groups is 3. The minimum Gasteiger partial charge on any atom is -0.493 e. The lowest BCUT2D eigenvalue weighted by atomic mass is 9.83. The van der Waals surface area contributed by atoms with E-state index in [1.165, 1.54) is 18.4 Å². The average Bonchev–Trinajstić information content (AvgIpc) is 3.35. The van der Waals surface area contributed by atoms with Gasteiger partial charge in [-0.25, -0.2) is 0 Å². The summed E-state index contributed by atoms with van der Waals surface area (Å²) in [6.45, 7) is 6.42. The van der Waals surface area contributed by atoms with Crippen molar-refractivity contribution in [1.29, 1.82) is 0 Å². The summed E-state index contributed by atoms with van der Waals surface area (Å²) in [6.07, 6.45) is 8.64. The van der Waals surface area contributed by atoms with Crippen molar-refractivity contribution in [3.63, 3.8) is 0 Å². The largest absolute Gasteiger partial charge is 0.493 e. The van der Waals surface area contributed by atoms with Crippen LogP contribution in [0.25, 0.3) is 0 Å². The fraction of sp³-hybridized carbons (Fsp3) is 0.432. The van der Waals surface area contributed by atoms with Crippen LogP contribution in [0.4, 0.5) is 5.69 Å². The molecule has 2 aliphatic rings. The Balaban J connectivity index is 1.37. The number of ether oxygens (including phenoxy) is 3. The Kier molecular flexibility index (Phi) is 10.1. The lowest BCUT2D eigenvalue weighted by molar-refractivity contribution is -0.149. The summed E-state index contributed by atoms with van der Waals surface area (Å²) in [5.74, 6) is -0.478. The standard InChI is InChI=1S/C37H44N2O6/c1-24-11-14-29(15-12-24)39-35(41)18-16-30(36(39)28-13-17-33(43-4)34(22-28)44-5)37(42)45-23-32(40)31-21-25(2)38(26(31)3)20-19-27-9-7-6-8-10-27/h9,11-15,17,21-22,30,36H,6-8,10,16,18-20,23H2,1-5H3. The van der Waals surface area contributed by atoms with Crippen LogP contribution in [0, 0.1) is 26.7 Å². The summed E-state index contributed by atoms with van der Waals surface area (Å²) in [5, 5.41) is 0. The van der Waals surface area contributed by atoms with Crippen molar-refractivity contribution in [3.05, 3.63) is 88.3 Å². The Morgan fingerprint density at radius 3 is 2.36 bits per heavy atom. The van der Waals surface area contributed by atoms with Gasteiger partial charge in [-0.15, -0.1) is 0 Å². The molecule has 0 radical (unpaired) electrons. The summed E-state index contributed by atoms with van der Waals surface area (Å²) < 4.78 is 18.9. The lowest BCUT2D eigenvalue weighted by Gasteiger charge is -2.40. The third-order valence-electron chi connectivity index (χ3n) is 9.22. The summed E-state index contributed by atoms with van der Waals surface area (Å²) in [4.78, 5) is 42.3. The first kappa shape index (κ1) is 32.1. The zero-order valence-electron chi connectivity index (χ0n) is 27.1. The fourth-order valence-corrected chi connectivity index (χ4v) is 6.70. The van der Waals surface area contributed by atoms with Crippen molar-refractivity contribution < 1.29 is 28.6 Å². The first-order chi connectivity index (χ1) is 21.7. The van der Waals surface area contributed by atoms with E-state index in [1.807, 2.05) is 57.2 Å². The Labute approximate surface area is 266 Å². The molecule has 1 fully saturated rings. The number of aryl methyl sites for hydroxylation is 2. The number of piperidine rings is 1. The zero-order chi connectivity index (χ0) is 32.1. The van der Waals surface area contributed by atoms with E-state index in [-0.39, 0.29) is 24.7 Å². The number of anilines is 1. The Hall–Kier alpha value is -4.33. The molecule has 0 spiro atoms. The van der Waals surface area contributed by atoms with Crippen molar-refractivity contribution in [2.45, 2.75) is 78.3 Å². The number of rotatable bonds is 11. The number of carbonyl (C=O) groups excluding carboxylic acids is 3. The number of methoxy groups -OCH3 is 2. The van der Waals surface area contributed by atoms with E-state index in [9.17, 15) is 14.4 Å². The van der Waals surface area contributed by atoms with Crippen LogP contribution in [0.5, 0.6) is 11.5 Å². The normalized spacial score (nSPS) is 18.4. The number of nitrogens with zero attached hydrogens (tertiary/aromatic N) is 2. The molecule has 2 atom stereocenters. The van der Waals surface area contributed by atoms with Crippen LogP contribution in [-0.4, -0.2) is 43.1 Å². The van der Waals surface area contributed by atoms with E-state index in [0.717, 1.165) is 42.8 Å². The van der Waals surface area contributed by atoms with Gasteiger partial charge in [0.05, 0.1) is 26.2 Å². The molecule has 8 heteroatoms. The third kappa shape index (κ3) is 7.00. The molecule has 5 rings (SSSR count). The molecular weight excluding hydrogens is 568 g/mol. The molecule has 0 saturated carbocycles. The molecule has 1 amide bonds. The summed E-state index contributed by atoms with van der Waals surface area (Å²) >= 11 is 0. The molecule has 2 aromatic carbocycles. The number of esters is 1. The molecule has 45 heavy (non-hydrogen) atoms. The Morgan fingerprint density at radius 2 is 1.67 bits per heavy atom. The second kappa shape index (κ2) is 14.2. The highest BCUT2D eigenvalue weighted by atomic mass is 16.5. The van der Waals surface area contributed by atoms with Crippen LogP contribution < -0.4 is 14.4 Å². The molecule has 2 unspecified atom stereocenters. The Bertz CT molecular complexity index is 1580.